The van der Waals surface area contributed by atoms with Crippen LogP contribution < -0.4 is 0 Å². The zero-order chi connectivity index (χ0) is 13.8. The molecular weight excluding hydrogens is 244 g/mol. The monoisotopic (exact) mass is 264 g/mol. The fourth-order valence-electron chi connectivity index (χ4n) is 1.72. The molecule has 0 saturated carbocycles. The lowest BCUT2D eigenvalue weighted by molar-refractivity contribution is -0.138. The SMILES string of the molecule is CCC(C)(C#N)C(=O)N(C)C(C)Cc1cccs1. The van der Waals surface area contributed by atoms with Crippen LogP contribution >= 0.6 is 11.3 Å². The van der Waals surface area contributed by atoms with Gasteiger partial charge in [-0.2, -0.15) is 5.26 Å². The van der Waals surface area contributed by atoms with Crippen LogP contribution in [0.3, 0.4) is 0 Å². The summed E-state index contributed by atoms with van der Waals surface area (Å²) in [5.74, 6) is -0.0865. The fourth-order valence-corrected chi connectivity index (χ4v) is 2.55. The molecule has 0 aliphatic rings. The molecule has 1 rings (SSSR count). The number of thiophene rings is 1. The van der Waals surface area contributed by atoms with Crippen molar-refractivity contribution in [2.45, 2.75) is 39.7 Å². The molecule has 2 unspecified atom stereocenters. The predicted octanol–water partition coefficient (Wildman–Crippen LogP) is 3.08. The Morgan fingerprint density at radius 1 is 1.67 bits per heavy atom. The Kier molecular flexibility index (Phi) is 4.92. The molecule has 3 nitrogen and oxygen atoms in total. The van der Waals surface area contributed by atoms with Crippen molar-refractivity contribution in [3.05, 3.63) is 22.4 Å². The van der Waals surface area contributed by atoms with E-state index in [1.807, 2.05) is 25.3 Å². The summed E-state index contributed by atoms with van der Waals surface area (Å²) in [5.41, 5.74) is -0.904. The number of likely N-dealkylation sites (N-methyl/N-ethyl adjacent to an activating group) is 1. The van der Waals surface area contributed by atoms with Gasteiger partial charge in [0.15, 0.2) is 0 Å². The van der Waals surface area contributed by atoms with Crippen molar-refractivity contribution in [3.8, 4) is 6.07 Å². The molecule has 0 N–H and O–H groups in total. The van der Waals surface area contributed by atoms with Crippen molar-refractivity contribution in [2.75, 3.05) is 7.05 Å². The third-order valence-electron chi connectivity index (χ3n) is 3.48. The highest BCUT2D eigenvalue weighted by atomic mass is 32.1. The van der Waals surface area contributed by atoms with Crippen molar-refractivity contribution < 1.29 is 4.79 Å². The Hall–Kier alpha value is -1.34. The van der Waals surface area contributed by atoms with Crippen molar-refractivity contribution in [3.63, 3.8) is 0 Å². The number of hydrogen-bond acceptors (Lipinski definition) is 3. The largest absolute Gasteiger partial charge is 0.341 e. The minimum atomic E-state index is -0.904. The van der Waals surface area contributed by atoms with Gasteiger partial charge in [-0.05, 0) is 31.7 Å². The van der Waals surface area contributed by atoms with Gasteiger partial charge in [0.1, 0.15) is 5.41 Å². The first-order valence-corrected chi connectivity index (χ1v) is 7.03. The van der Waals surface area contributed by atoms with Crippen molar-refractivity contribution in [1.82, 2.24) is 4.90 Å². The molecule has 98 valence electrons. The average Bonchev–Trinajstić information content (AvgIpc) is 2.88. The first-order valence-electron chi connectivity index (χ1n) is 6.15. The van der Waals surface area contributed by atoms with Gasteiger partial charge in [0.05, 0.1) is 6.07 Å². The lowest BCUT2D eigenvalue weighted by atomic mass is 9.87. The van der Waals surface area contributed by atoms with E-state index in [2.05, 4.69) is 12.1 Å². The van der Waals surface area contributed by atoms with Crippen LogP contribution in [0, 0.1) is 16.7 Å². The van der Waals surface area contributed by atoms with E-state index in [1.165, 1.54) is 4.88 Å². The molecule has 1 aromatic rings. The lowest BCUT2D eigenvalue weighted by Gasteiger charge is -2.30. The highest BCUT2D eigenvalue weighted by molar-refractivity contribution is 7.09. The standard InChI is InChI=1S/C14H20N2OS/c1-5-14(3,10-15)13(17)16(4)11(2)9-12-7-6-8-18-12/h6-8,11H,5,9H2,1-4H3. The van der Waals surface area contributed by atoms with E-state index in [1.54, 1.807) is 30.2 Å². The highest BCUT2D eigenvalue weighted by Crippen LogP contribution is 2.24. The summed E-state index contributed by atoms with van der Waals surface area (Å²) in [6, 6.07) is 6.33. The molecule has 1 amide bonds. The fraction of sp³-hybridized carbons (Fsp3) is 0.571. The maximum Gasteiger partial charge on any atom is 0.242 e. The number of hydrogen-bond donors (Lipinski definition) is 0. The van der Waals surface area contributed by atoms with Gasteiger partial charge >= 0.3 is 0 Å². The lowest BCUT2D eigenvalue weighted by Crippen LogP contribution is -2.44. The summed E-state index contributed by atoms with van der Waals surface area (Å²) >= 11 is 1.70. The van der Waals surface area contributed by atoms with E-state index in [-0.39, 0.29) is 11.9 Å². The minimum absolute atomic E-state index is 0.0865. The van der Waals surface area contributed by atoms with Gasteiger partial charge in [-0.15, -0.1) is 11.3 Å². The van der Waals surface area contributed by atoms with Crippen LogP contribution in [0.2, 0.25) is 0 Å². The van der Waals surface area contributed by atoms with Gasteiger partial charge in [0, 0.05) is 24.4 Å². The Labute approximate surface area is 113 Å². The van der Waals surface area contributed by atoms with E-state index >= 15 is 0 Å². The van der Waals surface area contributed by atoms with Crippen LogP contribution in [-0.2, 0) is 11.2 Å². The molecular formula is C14H20N2OS. The molecule has 0 fully saturated rings. The summed E-state index contributed by atoms with van der Waals surface area (Å²) in [6.07, 6.45) is 1.38. The number of rotatable bonds is 5. The number of carbonyl (C=O) groups excluding carboxylic acids is 1. The molecule has 0 saturated heterocycles. The molecule has 1 aromatic heterocycles. The zero-order valence-electron chi connectivity index (χ0n) is 11.4. The maximum absolute atomic E-state index is 12.3. The molecule has 0 aromatic carbocycles. The van der Waals surface area contributed by atoms with Crippen LogP contribution in [0.25, 0.3) is 0 Å². The third-order valence-corrected chi connectivity index (χ3v) is 4.38. The van der Waals surface area contributed by atoms with Crippen LogP contribution in [0.4, 0.5) is 0 Å². The Balaban J connectivity index is 2.72. The van der Waals surface area contributed by atoms with Gasteiger partial charge in [0.2, 0.25) is 5.91 Å². The second kappa shape index (κ2) is 6.01. The van der Waals surface area contributed by atoms with E-state index < -0.39 is 5.41 Å². The minimum Gasteiger partial charge on any atom is -0.341 e. The molecule has 0 radical (unpaired) electrons. The highest BCUT2D eigenvalue weighted by Gasteiger charge is 2.35. The van der Waals surface area contributed by atoms with Gasteiger partial charge in [-0.25, -0.2) is 0 Å². The molecule has 0 spiro atoms. The summed E-state index contributed by atoms with van der Waals surface area (Å²) < 4.78 is 0. The molecule has 2 atom stereocenters. The number of nitriles is 1. The molecule has 4 heteroatoms. The third kappa shape index (κ3) is 3.11. The van der Waals surface area contributed by atoms with Crippen LogP contribution in [-0.4, -0.2) is 23.9 Å². The van der Waals surface area contributed by atoms with E-state index in [9.17, 15) is 4.79 Å². The number of nitrogens with zero attached hydrogens (tertiary/aromatic N) is 2. The maximum atomic E-state index is 12.3. The van der Waals surface area contributed by atoms with Gasteiger partial charge in [0.25, 0.3) is 0 Å². The number of amides is 1. The Bertz CT molecular complexity index is 435. The number of carbonyl (C=O) groups is 1. The van der Waals surface area contributed by atoms with Crippen molar-refractivity contribution >= 4 is 17.2 Å². The molecule has 0 aliphatic carbocycles. The second-order valence-electron chi connectivity index (χ2n) is 4.85. The molecule has 18 heavy (non-hydrogen) atoms. The Morgan fingerprint density at radius 3 is 2.78 bits per heavy atom. The smallest absolute Gasteiger partial charge is 0.242 e. The molecule has 0 aliphatic heterocycles. The second-order valence-corrected chi connectivity index (χ2v) is 5.88. The Morgan fingerprint density at radius 2 is 2.33 bits per heavy atom. The first kappa shape index (κ1) is 14.7. The van der Waals surface area contributed by atoms with E-state index in [4.69, 9.17) is 5.26 Å². The first-order chi connectivity index (χ1) is 8.44. The molecule has 0 bridgehead atoms. The van der Waals surface area contributed by atoms with Gasteiger partial charge in [-0.1, -0.05) is 13.0 Å². The van der Waals surface area contributed by atoms with Gasteiger partial charge in [-0.3, -0.25) is 4.79 Å². The van der Waals surface area contributed by atoms with Crippen LogP contribution in [0.15, 0.2) is 17.5 Å². The topological polar surface area (TPSA) is 44.1 Å². The summed E-state index contributed by atoms with van der Waals surface area (Å²) in [5, 5.41) is 11.2. The summed E-state index contributed by atoms with van der Waals surface area (Å²) in [7, 11) is 1.78. The van der Waals surface area contributed by atoms with E-state index in [0.29, 0.717) is 6.42 Å². The predicted molar refractivity (Wildman–Crippen MR) is 74.3 cm³/mol. The van der Waals surface area contributed by atoms with E-state index in [0.717, 1.165) is 6.42 Å². The normalized spacial score (nSPS) is 15.5. The van der Waals surface area contributed by atoms with Crippen LogP contribution in [0.5, 0.6) is 0 Å². The zero-order valence-corrected chi connectivity index (χ0v) is 12.3. The summed E-state index contributed by atoms with van der Waals surface area (Å²) in [4.78, 5) is 15.3. The van der Waals surface area contributed by atoms with Gasteiger partial charge < -0.3 is 4.90 Å². The molecule has 1 heterocycles. The average molecular weight is 264 g/mol. The van der Waals surface area contributed by atoms with Crippen molar-refractivity contribution in [2.24, 2.45) is 5.41 Å². The quantitative estimate of drug-likeness (QED) is 0.820. The van der Waals surface area contributed by atoms with Crippen molar-refractivity contribution in [1.29, 1.82) is 5.26 Å². The van der Waals surface area contributed by atoms with Crippen LogP contribution in [0.1, 0.15) is 32.1 Å². The summed E-state index contributed by atoms with van der Waals surface area (Å²) in [6.45, 7) is 5.60.